The summed E-state index contributed by atoms with van der Waals surface area (Å²) in [6.45, 7) is -0.256. The number of hydrogen-bond acceptors (Lipinski definition) is 5. The van der Waals surface area contributed by atoms with E-state index in [4.69, 9.17) is 5.11 Å². The number of amides is 2. The highest BCUT2D eigenvalue weighted by atomic mass is 32.2. The van der Waals surface area contributed by atoms with E-state index in [1.165, 1.54) is 11.0 Å². The first-order valence-corrected chi connectivity index (χ1v) is 9.05. The maximum Gasteiger partial charge on any atom is 0.277 e. The number of imide groups is 1. The molecule has 0 fully saturated rings. The Balaban J connectivity index is 1.88. The predicted molar refractivity (Wildman–Crippen MR) is 99.2 cm³/mol. The fourth-order valence-corrected chi connectivity index (χ4v) is 3.08. The van der Waals surface area contributed by atoms with Gasteiger partial charge in [-0.2, -0.15) is 0 Å². The summed E-state index contributed by atoms with van der Waals surface area (Å²) in [5.74, 6) is -0.838. The molecule has 0 spiro atoms. The smallest absolute Gasteiger partial charge is 0.277 e. The van der Waals surface area contributed by atoms with Crippen LogP contribution in [0.15, 0.2) is 65.2 Å². The molecule has 2 aromatic rings. The number of thioether (sulfide) groups is 1. The van der Waals surface area contributed by atoms with Crippen molar-refractivity contribution in [3.63, 3.8) is 0 Å². The van der Waals surface area contributed by atoms with Crippen molar-refractivity contribution in [2.45, 2.75) is 4.90 Å². The maximum absolute atomic E-state index is 12.3. The van der Waals surface area contributed by atoms with E-state index in [0.29, 0.717) is 0 Å². The predicted octanol–water partition coefficient (Wildman–Crippen LogP) is 2.73. The summed E-state index contributed by atoms with van der Waals surface area (Å²) in [6, 6.07) is 15.8. The lowest BCUT2D eigenvalue weighted by atomic mass is 10.0. The van der Waals surface area contributed by atoms with Gasteiger partial charge in [0.2, 0.25) is 0 Å². The zero-order valence-electron chi connectivity index (χ0n) is 13.7. The molecule has 0 radical (unpaired) electrons. The Hall–Kier alpha value is -2.57. The van der Waals surface area contributed by atoms with Crippen LogP contribution < -0.4 is 5.32 Å². The standard InChI is InChI=1S/C19H18N2O3S/c1-25-14-8-6-13(7-9-14)15-4-2-3-5-16(15)20-17-12-18(23)21(10-11-22)19(17)24/h2-9,12,20,22H,10-11H2,1H3. The van der Waals surface area contributed by atoms with E-state index in [1.54, 1.807) is 11.8 Å². The quantitative estimate of drug-likeness (QED) is 0.617. The monoisotopic (exact) mass is 354 g/mol. The molecule has 6 heteroatoms. The van der Waals surface area contributed by atoms with Gasteiger partial charge in [-0.05, 0) is 30.0 Å². The number of rotatable bonds is 6. The number of aliphatic hydroxyl groups is 1. The van der Waals surface area contributed by atoms with Gasteiger partial charge < -0.3 is 10.4 Å². The van der Waals surface area contributed by atoms with Crippen molar-refractivity contribution in [3.8, 4) is 11.1 Å². The normalized spacial score (nSPS) is 14.0. The highest BCUT2D eigenvalue weighted by molar-refractivity contribution is 7.98. The Morgan fingerprint density at radius 2 is 1.80 bits per heavy atom. The number of anilines is 1. The van der Waals surface area contributed by atoms with Gasteiger partial charge in [-0.25, -0.2) is 0 Å². The van der Waals surface area contributed by atoms with Gasteiger partial charge in [0.05, 0.1) is 13.2 Å². The second-order valence-electron chi connectivity index (χ2n) is 5.48. The zero-order chi connectivity index (χ0) is 17.8. The van der Waals surface area contributed by atoms with Crippen LogP contribution >= 0.6 is 11.8 Å². The van der Waals surface area contributed by atoms with Gasteiger partial charge in [-0.1, -0.05) is 30.3 Å². The Morgan fingerprint density at radius 1 is 1.08 bits per heavy atom. The van der Waals surface area contributed by atoms with E-state index >= 15 is 0 Å². The first-order valence-electron chi connectivity index (χ1n) is 7.83. The molecule has 5 nitrogen and oxygen atoms in total. The molecule has 2 N–H and O–H groups in total. The molecule has 1 aliphatic rings. The molecule has 1 aliphatic heterocycles. The number of nitrogens with zero attached hydrogens (tertiary/aromatic N) is 1. The molecule has 0 unspecified atom stereocenters. The third-order valence-corrected chi connectivity index (χ3v) is 4.67. The molecule has 0 bridgehead atoms. The van der Waals surface area contributed by atoms with Crippen LogP contribution in [0.1, 0.15) is 0 Å². The molecule has 2 amide bonds. The van der Waals surface area contributed by atoms with Crippen LogP contribution in [-0.4, -0.2) is 41.2 Å². The zero-order valence-corrected chi connectivity index (χ0v) is 14.5. The molecular weight excluding hydrogens is 336 g/mol. The van der Waals surface area contributed by atoms with E-state index in [2.05, 4.69) is 5.32 Å². The van der Waals surface area contributed by atoms with Crippen molar-refractivity contribution in [1.29, 1.82) is 0 Å². The number of carbonyl (C=O) groups excluding carboxylic acids is 2. The topological polar surface area (TPSA) is 69.6 Å². The van der Waals surface area contributed by atoms with Crippen molar-refractivity contribution < 1.29 is 14.7 Å². The van der Waals surface area contributed by atoms with Crippen LogP contribution in [0.5, 0.6) is 0 Å². The van der Waals surface area contributed by atoms with Gasteiger partial charge in [0.1, 0.15) is 5.70 Å². The number of benzene rings is 2. The fraction of sp³-hybridized carbons (Fsp3) is 0.158. The van der Waals surface area contributed by atoms with Crippen molar-refractivity contribution in [2.75, 3.05) is 24.7 Å². The molecule has 0 saturated carbocycles. The molecule has 3 rings (SSSR count). The van der Waals surface area contributed by atoms with Gasteiger partial charge in [0.15, 0.2) is 0 Å². The van der Waals surface area contributed by atoms with Crippen molar-refractivity contribution in [1.82, 2.24) is 4.90 Å². The molecule has 0 atom stereocenters. The van der Waals surface area contributed by atoms with E-state index in [9.17, 15) is 9.59 Å². The Kier molecular flexibility index (Phi) is 5.21. The average molecular weight is 354 g/mol. The minimum absolute atomic E-state index is 0.00284. The second kappa shape index (κ2) is 7.55. The van der Waals surface area contributed by atoms with E-state index < -0.39 is 11.8 Å². The van der Waals surface area contributed by atoms with Gasteiger partial charge in [-0.3, -0.25) is 14.5 Å². The Bertz CT molecular complexity index is 831. The summed E-state index contributed by atoms with van der Waals surface area (Å²) in [4.78, 5) is 26.4. The summed E-state index contributed by atoms with van der Waals surface area (Å²) >= 11 is 1.68. The number of aliphatic hydroxyl groups excluding tert-OH is 1. The maximum atomic E-state index is 12.3. The molecule has 128 valence electrons. The lowest BCUT2D eigenvalue weighted by molar-refractivity contribution is -0.137. The van der Waals surface area contributed by atoms with Gasteiger partial charge in [0.25, 0.3) is 11.8 Å². The van der Waals surface area contributed by atoms with E-state index in [1.807, 2.05) is 54.8 Å². The fourth-order valence-electron chi connectivity index (χ4n) is 2.67. The average Bonchev–Trinajstić information content (AvgIpc) is 2.90. The molecule has 0 saturated heterocycles. The van der Waals surface area contributed by atoms with Gasteiger partial charge in [-0.15, -0.1) is 11.8 Å². The molecule has 1 heterocycles. The van der Waals surface area contributed by atoms with Crippen molar-refractivity contribution in [3.05, 3.63) is 60.3 Å². The molecule has 0 aliphatic carbocycles. The van der Waals surface area contributed by atoms with Gasteiger partial charge in [0, 0.05) is 22.2 Å². The number of carbonyl (C=O) groups is 2. The summed E-state index contributed by atoms with van der Waals surface area (Å²) in [5.41, 5.74) is 2.92. The SMILES string of the molecule is CSc1ccc(-c2ccccc2NC2=CC(=O)N(CCO)C2=O)cc1. The van der Waals surface area contributed by atoms with Crippen LogP contribution in [0.25, 0.3) is 11.1 Å². The van der Waals surface area contributed by atoms with Crippen molar-refractivity contribution in [2.24, 2.45) is 0 Å². The summed E-state index contributed by atoms with van der Waals surface area (Å²) in [6.07, 6.45) is 3.30. The number of nitrogens with one attached hydrogen (secondary N) is 1. The minimum atomic E-state index is -0.424. The number of para-hydroxylation sites is 1. The first-order chi connectivity index (χ1) is 12.1. The minimum Gasteiger partial charge on any atom is -0.395 e. The van der Waals surface area contributed by atoms with Crippen LogP contribution in [-0.2, 0) is 9.59 Å². The largest absolute Gasteiger partial charge is 0.395 e. The molecule has 0 aromatic heterocycles. The second-order valence-corrected chi connectivity index (χ2v) is 6.36. The van der Waals surface area contributed by atoms with Crippen LogP contribution in [0, 0.1) is 0 Å². The molecule has 2 aromatic carbocycles. The summed E-state index contributed by atoms with van der Waals surface area (Å²) in [7, 11) is 0. The van der Waals surface area contributed by atoms with Crippen molar-refractivity contribution >= 4 is 29.3 Å². The Labute approximate surface area is 150 Å². The third kappa shape index (κ3) is 3.60. The van der Waals surface area contributed by atoms with Gasteiger partial charge >= 0.3 is 0 Å². The van der Waals surface area contributed by atoms with E-state index in [0.717, 1.165) is 21.7 Å². The van der Waals surface area contributed by atoms with Crippen LogP contribution in [0.2, 0.25) is 0 Å². The summed E-state index contributed by atoms with van der Waals surface area (Å²) < 4.78 is 0. The van der Waals surface area contributed by atoms with Crippen LogP contribution in [0.3, 0.4) is 0 Å². The summed E-state index contributed by atoms with van der Waals surface area (Å²) in [5, 5.41) is 12.0. The van der Waals surface area contributed by atoms with E-state index in [-0.39, 0.29) is 18.8 Å². The molecule has 25 heavy (non-hydrogen) atoms. The third-order valence-electron chi connectivity index (χ3n) is 3.93. The highest BCUT2D eigenvalue weighted by Crippen LogP contribution is 2.31. The van der Waals surface area contributed by atoms with Crippen LogP contribution in [0.4, 0.5) is 5.69 Å². The lowest BCUT2D eigenvalue weighted by Gasteiger charge is -2.15. The number of β-amino-alcohol motifs (C(OH)–C–C–N with tert-alkyl or cyclic N) is 1. The lowest BCUT2D eigenvalue weighted by Crippen LogP contribution is -2.34. The highest BCUT2D eigenvalue weighted by Gasteiger charge is 2.30. The molecular formula is C19H18N2O3S. The first kappa shape index (κ1) is 17.3. The Morgan fingerprint density at radius 3 is 2.48 bits per heavy atom. The number of hydrogen-bond donors (Lipinski definition) is 2.